The van der Waals surface area contributed by atoms with E-state index in [1.165, 1.54) is 24.3 Å². The molecule has 2 amide bonds. The van der Waals surface area contributed by atoms with E-state index in [9.17, 15) is 27.2 Å². The Morgan fingerprint density at radius 1 is 1.00 bits per heavy atom. The molecule has 4 rings (SSSR count). The average Bonchev–Trinajstić information content (AvgIpc) is 2.83. The van der Waals surface area contributed by atoms with Gasteiger partial charge in [0.1, 0.15) is 11.6 Å². The van der Waals surface area contributed by atoms with Crippen LogP contribution in [0.25, 0.3) is 0 Å². The number of aromatic nitrogens is 1. The molecule has 0 bridgehead atoms. The van der Waals surface area contributed by atoms with Crippen molar-refractivity contribution >= 4 is 29.2 Å². The lowest BCUT2D eigenvalue weighted by atomic mass is 9.95. The number of pyridine rings is 1. The number of likely N-dealkylation sites (tertiary alicyclic amines) is 1. The number of rotatable bonds is 3. The molecule has 11 heteroatoms. The summed E-state index contributed by atoms with van der Waals surface area (Å²) in [6.45, 7) is 2.34. The summed E-state index contributed by atoms with van der Waals surface area (Å²) >= 11 is 6.05. The number of carbonyl (C=O) groups excluding carboxylic acids is 2. The van der Waals surface area contributed by atoms with Gasteiger partial charge in [0.25, 0.3) is 5.91 Å². The first-order valence-corrected chi connectivity index (χ1v) is 11.3. The van der Waals surface area contributed by atoms with Crippen LogP contribution in [0.2, 0.25) is 5.02 Å². The quantitative estimate of drug-likeness (QED) is 0.598. The van der Waals surface area contributed by atoms with Crippen LogP contribution in [0.5, 0.6) is 0 Å². The molecule has 0 spiro atoms. The van der Waals surface area contributed by atoms with E-state index in [4.69, 9.17) is 11.6 Å². The van der Waals surface area contributed by atoms with Gasteiger partial charge in [-0.2, -0.15) is 13.2 Å². The molecule has 2 aliphatic rings. The third-order valence-corrected chi connectivity index (χ3v) is 6.47. The van der Waals surface area contributed by atoms with E-state index in [1.807, 2.05) is 0 Å². The Balaban J connectivity index is 1.35. The van der Waals surface area contributed by atoms with Crippen molar-refractivity contribution in [3.05, 3.63) is 58.5 Å². The molecular formula is C23H23ClF4N4O2. The zero-order valence-corrected chi connectivity index (χ0v) is 18.9. The summed E-state index contributed by atoms with van der Waals surface area (Å²) < 4.78 is 51.7. The van der Waals surface area contributed by atoms with Crippen molar-refractivity contribution in [2.45, 2.75) is 19.0 Å². The van der Waals surface area contributed by atoms with E-state index in [0.29, 0.717) is 57.7 Å². The summed E-state index contributed by atoms with van der Waals surface area (Å²) in [7, 11) is 0. The van der Waals surface area contributed by atoms with Gasteiger partial charge in [-0.3, -0.25) is 9.59 Å². The molecule has 3 heterocycles. The maximum absolute atomic E-state index is 13.2. The number of nitrogens with zero attached hydrogens (tertiary/aromatic N) is 4. The van der Waals surface area contributed by atoms with Crippen LogP contribution in [0, 0.1) is 11.7 Å². The molecule has 2 aromatic rings. The monoisotopic (exact) mass is 498 g/mol. The molecule has 2 aliphatic heterocycles. The Labute approximate surface area is 199 Å². The molecular weight excluding hydrogens is 476 g/mol. The molecule has 0 aliphatic carbocycles. The van der Waals surface area contributed by atoms with Crippen molar-refractivity contribution in [3.63, 3.8) is 0 Å². The predicted molar refractivity (Wildman–Crippen MR) is 118 cm³/mol. The standard InChI is InChI=1S/C23H23ClF4N4O2/c24-19-12-17(23(26,27)28)13-29-20(19)30-8-10-31(11-9-30)22(34)16-2-1-7-32(14-16)21(33)15-3-5-18(25)6-4-15/h3-6,12-13,16H,1-2,7-11,14H2. The summed E-state index contributed by atoms with van der Waals surface area (Å²) in [5, 5.41) is -0.0863. The molecule has 6 nitrogen and oxygen atoms in total. The third-order valence-electron chi connectivity index (χ3n) is 6.19. The number of alkyl halides is 3. The highest BCUT2D eigenvalue weighted by molar-refractivity contribution is 6.33. The second kappa shape index (κ2) is 9.77. The molecule has 182 valence electrons. The third kappa shape index (κ3) is 5.27. The summed E-state index contributed by atoms with van der Waals surface area (Å²) in [6, 6.07) is 6.19. The highest BCUT2D eigenvalue weighted by atomic mass is 35.5. The van der Waals surface area contributed by atoms with Crippen molar-refractivity contribution in [3.8, 4) is 0 Å². The van der Waals surface area contributed by atoms with Crippen LogP contribution >= 0.6 is 11.6 Å². The Bertz CT molecular complexity index is 1060. The van der Waals surface area contributed by atoms with E-state index in [1.54, 1.807) is 14.7 Å². The molecule has 2 fully saturated rings. The lowest BCUT2D eigenvalue weighted by Gasteiger charge is -2.39. The highest BCUT2D eigenvalue weighted by Crippen LogP contribution is 2.34. The first-order chi connectivity index (χ1) is 16.1. The van der Waals surface area contributed by atoms with Gasteiger partial charge in [0.15, 0.2) is 0 Å². The smallest absolute Gasteiger partial charge is 0.352 e. The molecule has 1 unspecified atom stereocenters. The van der Waals surface area contributed by atoms with Crippen LogP contribution in [0.3, 0.4) is 0 Å². The van der Waals surface area contributed by atoms with Crippen LogP contribution in [0.4, 0.5) is 23.4 Å². The van der Waals surface area contributed by atoms with E-state index in [-0.39, 0.29) is 28.6 Å². The van der Waals surface area contributed by atoms with Crippen molar-refractivity contribution in [1.82, 2.24) is 14.8 Å². The van der Waals surface area contributed by atoms with E-state index >= 15 is 0 Å². The second-order valence-electron chi connectivity index (χ2n) is 8.44. The van der Waals surface area contributed by atoms with Crippen molar-refractivity contribution in [1.29, 1.82) is 0 Å². The van der Waals surface area contributed by atoms with Crippen LogP contribution in [-0.4, -0.2) is 65.9 Å². The summed E-state index contributed by atoms with van der Waals surface area (Å²) in [5.74, 6) is -0.781. The minimum absolute atomic E-state index is 0.0530. The lowest BCUT2D eigenvalue weighted by Crippen LogP contribution is -2.53. The van der Waals surface area contributed by atoms with E-state index < -0.39 is 17.6 Å². The number of hydrogen-bond acceptors (Lipinski definition) is 4. The average molecular weight is 499 g/mol. The van der Waals surface area contributed by atoms with Crippen molar-refractivity contribution in [2.24, 2.45) is 5.92 Å². The number of piperidine rings is 1. The maximum atomic E-state index is 13.2. The van der Waals surface area contributed by atoms with Gasteiger partial charge in [0, 0.05) is 51.0 Å². The molecule has 0 N–H and O–H groups in total. The van der Waals surface area contributed by atoms with E-state index in [0.717, 1.165) is 12.3 Å². The summed E-state index contributed by atoms with van der Waals surface area (Å²) in [6.07, 6.45) is -2.41. The molecule has 0 saturated carbocycles. The van der Waals surface area contributed by atoms with Gasteiger partial charge in [-0.15, -0.1) is 0 Å². The van der Waals surface area contributed by atoms with Gasteiger partial charge in [-0.25, -0.2) is 9.37 Å². The normalized spacial score (nSPS) is 19.3. The Morgan fingerprint density at radius 3 is 2.29 bits per heavy atom. The van der Waals surface area contributed by atoms with E-state index in [2.05, 4.69) is 4.98 Å². The van der Waals surface area contributed by atoms with Crippen LogP contribution in [-0.2, 0) is 11.0 Å². The number of benzene rings is 1. The SMILES string of the molecule is O=C(c1ccc(F)cc1)N1CCCC(C(=O)N2CCN(c3ncc(C(F)(F)F)cc3Cl)CC2)C1. The van der Waals surface area contributed by atoms with Crippen LogP contribution in [0.15, 0.2) is 36.5 Å². The first kappa shape index (κ1) is 24.3. The number of anilines is 1. The fraction of sp³-hybridized carbons (Fsp3) is 0.435. The largest absolute Gasteiger partial charge is 0.417 e. The van der Waals surface area contributed by atoms with Gasteiger partial charge in [0.2, 0.25) is 5.91 Å². The van der Waals surface area contributed by atoms with Gasteiger partial charge in [0.05, 0.1) is 16.5 Å². The molecule has 2 saturated heterocycles. The van der Waals surface area contributed by atoms with Gasteiger partial charge in [-0.1, -0.05) is 11.6 Å². The Morgan fingerprint density at radius 2 is 1.68 bits per heavy atom. The number of piperazine rings is 1. The number of amides is 2. The summed E-state index contributed by atoms with van der Waals surface area (Å²) in [5.41, 5.74) is -0.531. The first-order valence-electron chi connectivity index (χ1n) is 10.9. The Hall–Kier alpha value is -2.88. The Kier molecular flexibility index (Phi) is 6.97. The molecule has 1 aromatic carbocycles. The molecule has 0 radical (unpaired) electrons. The zero-order chi connectivity index (χ0) is 24.5. The minimum atomic E-state index is -4.52. The van der Waals surface area contributed by atoms with Gasteiger partial charge in [-0.05, 0) is 43.2 Å². The topological polar surface area (TPSA) is 56.8 Å². The second-order valence-corrected chi connectivity index (χ2v) is 8.84. The van der Waals surface area contributed by atoms with Crippen LogP contribution in [0.1, 0.15) is 28.8 Å². The van der Waals surface area contributed by atoms with Crippen LogP contribution < -0.4 is 4.90 Å². The van der Waals surface area contributed by atoms with Crippen molar-refractivity contribution in [2.75, 3.05) is 44.2 Å². The zero-order valence-electron chi connectivity index (χ0n) is 18.2. The van der Waals surface area contributed by atoms with Gasteiger partial charge < -0.3 is 14.7 Å². The predicted octanol–water partition coefficient (Wildman–Crippen LogP) is 4.09. The van der Waals surface area contributed by atoms with Crippen molar-refractivity contribution < 1.29 is 27.2 Å². The molecule has 1 atom stereocenters. The summed E-state index contributed by atoms with van der Waals surface area (Å²) in [4.78, 5) is 34.9. The van der Waals surface area contributed by atoms with Gasteiger partial charge >= 0.3 is 6.18 Å². The number of hydrogen-bond donors (Lipinski definition) is 0. The molecule has 34 heavy (non-hydrogen) atoms. The highest BCUT2D eigenvalue weighted by Gasteiger charge is 2.34. The fourth-order valence-electron chi connectivity index (χ4n) is 4.35. The maximum Gasteiger partial charge on any atom is 0.417 e. The molecule has 1 aromatic heterocycles. The fourth-order valence-corrected chi connectivity index (χ4v) is 4.64. The lowest BCUT2D eigenvalue weighted by molar-refractivity contribution is -0.138. The minimum Gasteiger partial charge on any atom is -0.352 e. The number of carbonyl (C=O) groups is 2. The number of halogens is 5.